The number of nitrogens with two attached hydrogens (primary N) is 1. The van der Waals surface area contributed by atoms with Crippen molar-refractivity contribution >= 4 is 33.6 Å². The van der Waals surface area contributed by atoms with Crippen LogP contribution in [0.15, 0.2) is 53.3 Å². The summed E-state index contributed by atoms with van der Waals surface area (Å²) in [6.07, 6.45) is -1.05. The SMILES string of the molecule is CC(Oc1ccccc1-n1nc2c(c1N)c(=O)[nH]c1ccccc12)C(=O)O. The number of carbonyl (C=O) groups is 1. The summed E-state index contributed by atoms with van der Waals surface area (Å²) in [4.78, 5) is 26.4. The van der Waals surface area contributed by atoms with E-state index in [-0.39, 0.29) is 16.8 Å². The predicted molar refractivity (Wildman–Crippen MR) is 101 cm³/mol. The second kappa shape index (κ2) is 6.17. The van der Waals surface area contributed by atoms with E-state index in [9.17, 15) is 9.59 Å². The number of fused-ring (bicyclic) bond motifs is 3. The van der Waals surface area contributed by atoms with Crippen LogP contribution >= 0.6 is 0 Å². The highest BCUT2D eigenvalue weighted by Gasteiger charge is 2.20. The van der Waals surface area contributed by atoms with Crippen LogP contribution in [-0.2, 0) is 4.79 Å². The van der Waals surface area contributed by atoms with Crippen molar-refractivity contribution in [2.75, 3.05) is 5.73 Å². The Morgan fingerprint density at radius 3 is 2.70 bits per heavy atom. The number of aromatic nitrogens is 3. The number of carboxylic acid groups (broad SMARTS) is 1. The second-order valence-corrected chi connectivity index (χ2v) is 6.09. The number of hydrogen-bond donors (Lipinski definition) is 3. The summed E-state index contributed by atoms with van der Waals surface area (Å²) in [5, 5.41) is 14.7. The number of nitrogens with zero attached hydrogens (tertiary/aromatic N) is 2. The van der Waals surface area contributed by atoms with Crippen molar-refractivity contribution in [3.63, 3.8) is 0 Å². The molecule has 2 aromatic carbocycles. The lowest BCUT2D eigenvalue weighted by Crippen LogP contribution is -2.23. The van der Waals surface area contributed by atoms with Gasteiger partial charge in [0.1, 0.15) is 28.2 Å². The van der Waals surface area contributed by atoms with Crippen LogP contribution in [0, 0.1) is 0 Å². The maximum absolute atomic E-state index is 12.5. The molecule has 0 aliphatic rings. The maximum Gasteiger partial charge on any atom is 0.344 e. The van der Waals surface area contributed by atoms with Crippen molar-refractivity contribution in [2.24, 2.45) is 0 Å². The molecule has 0 radical (unpaired) electrons. The molecule has 1 atom stereocenters. The number of para-hydroxylation sites is 3. The van der Waals surface area contributed by atoms with E-state index >= 15 is 0 Å². The van der Waals surface area contributed by atoms with Gasteiger partial charge in [-0.2, -0.15) is 5.10 Å². The summed E-state index contributed by atoms with van der Waals surface area (Å²) in [5.74, 6) is -0.644. The number of H-pyrrole nitrogens is 1. The summed E-state index contributed by atoms with van der Waals surface area (Å²) >= 11 is 0. The van der Waals surface area contributed by atoms with Gasteiger partial charge in [-0.25, -0.2) is 9.48 Å². The first kappa shape index (κ1) is 16.6. The highest BCUT2D eigenvalue weighted by atomic mass is 16.5. The van der Waals surface area contributed by atoms with E-state index in [0.29, 0.717) is 22.5 Å². The van der Waals surface area contributed by atoms with E-state index in [4.69, 9.17) is 15.6 Å². The molecule has 2 heterocycles. The number of rotatable bonds is 4. The van der Waals surface area contributed by atoms with Crippen molar-refractivity contribution in [3.05, 3.63) is 58.9 Å². The van der Waals surface area contributed by atoms with Crippen molar-refractivity contribution in [1.82, 2.24) is 14.8 Å². The second-order valence-electron chi connectivity index (χ2n) is 6.09. The molecule has 0 bridgehead atoms. The topological polar surface area (TPSA) is 123 Å². The van der Waals surface area contributed by atoms with Crippen LogP contribution in [0.3, 0.4) is 0 Å². The van der Waals surface area contributed by atoms with E-state index in [0.717, 1.165) is 5.39 Å². The van der Waals surface area contributed by atoms with Crippen molar-refractivity contribution in [3.8, 4) is 11.4 Å². The minimum absolute atomic E-state index is 0.149. The zero-order chi connectivity index (χ0) is 19.1. The molecule has 27 heavy (non-hydrogen) atoms. The Bertz CT molecular complexity index is 1240. The lowest BCUT2D eigenvalue weighted by molar-refractivity contribution is -0.144. The Morgan fingerprint density at radius 1 is 1.22 bits per heavy atom. The van der Waals surface area contributed by atoms with Gasteiger partial charge < -0.3 is 20.6 Å². The predicted octanol–water partition coefficient (Wildman–Crippen LogP) is 2.30. The monoisotopic (exact) mass is 364 g/mol. The first-order valence-corrected chi connectivity index (χ1v) is 8.25. The number of carboxylic acids is 1. The Balaban J connectivity index is 1.97. The van der Waals surface area contributed by atoms with E-state index in [1.807, 2.05) is 18.2 Å². The summed E-state index contributed by atoms with van der Waals surface area (Å²) in [6, 6.07) is 14.1. The fourth-order valence-electron chi connectivity index (χ4n) is 2.98. The molecule has 1 unspecified atom stereocenters. The van der Waals surface area contributed by atoms with Gasteiger partial charge in [-0.3, -0.25) is 4.79 Å². The van der Waals surface area contributed by atoms with Crippen molar-refractivity contribution < 1.29 is 14.6 Å². The molecular weight excluding hydrogens is 348 g/mol. The Morgan fingerprint density at radius 2 is 1.93 bits per heavy atom. The van der Waals surface area contributed by atoms with Crippen LogP contribution in [0.5, 0.6) is 5.75 Å². The van der Waals surface area contributed by atoms with Gasteiger partial charge in [0.25, 0.3) is 5.56 Å². The molecule has 0 spiro atoms. The standard InChI is InChI=1S/C19H16N4O4/c1-10(19(25)26)27-14-9-5-4-8-13(14)23-17(20)15-16(22-23)11-6-2-3-7-12(11)21-18(15)24/h2-10H,20H2,1H3,(H,21,24)(H,25,26). The molecule has 2 aromatic heterocycles. The van der Waals surface area contributed by atoms with Crippen molar-refractivity contribution in [1.29, 1.82) is 0 Å². The van der Waals surface area contributed by atoms with Gasteiger partial charge >= 0.3 is 5.97 Å². The molecular formula is C19H16N4O4. The molecule has 8 heteroatoms. The fourth-order valence-corrected chi connectivity index (χ4v) is 2.98. The number of hydrogen-bond acceptors (Lipinski definition) is 5. The highest BCUT2D eigenvalue weighted by molar-refractivity contribution is 6.06. The van der Waals surface area contributed by atoms with Crippen LogP contribution in [0.1, 0.15) is 6.92 Å². The Kier molecular flexibility index (Phi) is 3.80. The molecule has 4 aromatic rings. The number of aromatic amines is 1. The number of anilines is 1. The van der Waals surface area contributed by atoms with E-state index in [1.165, 1.54) is 11.6 Å². The van der Waals surface area contributed by atoms with Crippen molar-refractivity contribution in [2.45, 2.75) is 13.0 Å². The third-order valence-corrected chi connectivity index (χ3v) is 4.32. The molecule has 0 aliphatic carbocycles. The average Bonchev–Trinajstić information content (AvgIpc) is 3.00. The molecule has 0 aliphatic heterocycles. The lowest BCUT2D eigenvalue weighted by Gasteiger charge is -2.14. The average molecular weight is 364 g/mol. The van der Waals surface area contributed by atoms with Gasteiger partial charge in [-0.05, 0) is 25.1 Å². The number of nitrogen functional groups attached to an aromatic ring is 1. The van der Waals surface area contributed by atoms with Gasteiger partial charge in [0.05, 0.1) is 5.52 Å². The first-order chi connectivity index (χ1) is 13.0. The van der Waals surface area contributed by atoms with E-state index in [2.05, 4.69) is 10.1 Å². The maximum atomic E-state index is 12.5. The van der Waals surface area contributed by atoms with E-state index in [1.54, 1.807) is 30.3 Å². The molecule has 0 saturated carbocycles. The molecule has 0 amide bonds. The largest absolute Gasteiger partial charge is 0.479 e. The lowest BCUT2D eigenvalue weighted by atomic mass is 10.1. The summed E-state index contributed by atoms with van der Waals surface area (Å²) in [6.45, 7) is 1.43. The number of pyridine rings is 1. The summed E-state index contributed by atoms with van der Waals surface area (Å²) in [5.41, 5.74) is 7.46. The molecule has 0 fully saturated rings. The van der Waals surface area contributed by atoms with Gasteiger partial charge in [0.2, 0.25) is 0 Å². The number of nitrogens with one attached hydrogen (secondary N) is 1. The van der Waals surface area contributed by atoms with Gasteiger partial charge in [-0.1, -0.05) is 30.3 Å². The molecule has 4 N–H and O–H groups in total. The third-order valence-electron chi connectivity index (χ3n) is 4.32. The Hall–Kier alpha value is -3.81. The molecule has 4 rings (SSSR count). The van der Waals surface area contributed by atoms with Gasteiger partial charge in [0.15, 0.2) is 6.10 Å². The zero-order valence-corrected chi connectivity index (χ0v) is 14.3. The fraction of sp³-hybridized carbons (Fsp3) is 0.105. The zero-order valence-electron chi connectivity index (χ0n) is 14.3. The van der Waals surface area contributed by atoms with Crippen LogP contribution < -0.4 is 16.0 Å². The van der Waals surface area contributed by atoms with Crippen LogP contribution in [-0.4, -0.2) is 31.9 Å². The van der Waals surface area contributed by atoms with Crippen LogP contribution in [0.2, 0.25) is 0 Å². The molecule has 8 nitrogen and oxygen atoms in total. The van der Waals surface area contributed by atoms with Gasteiger partial charge in [0, 0.05) is 5.39 Å². The quantitative estimate of drug-likeness (QED) is 0.510. The summed E-state index contributed by atoms with van der Waals surface area (Å²) in [7, 11) is 0. The Labute approximate surface area is 152 Å². The van der Waals surface area contributed by atoms with Gasteiger partial charge in [-0.15, -0.1) is 0 Å². The minimum atomic E-state index is -1.09. The number of benzene rings is 2. The highest BCUT2D eigenvalue weighted by Crippen LogP contribution is 2.30. The minimum Gasteiger partial charge on any atom is -0.479 e. The first-order valence-electron chi connectivity index (χ1n) is 8.25. The molecule has 136 valence electrons. The third kappa shape index (κ3) is 2.67. The van der Waals surface area contributed by atoms with Crippen LogP contribution in [0.4, 0.5) is 5.82 Å². The van der Waals surface area contributed by atoms with Crippen LogP contribution in [0.25, 0.3) is 27.5 Å². The number of ether oxygens (including phenoxy) is 1. The smallest absolute Gasteiger partial charge is 0.344 e. The summed E-state index contributed by atoms with van der Waals surface area (Å²) < 4.78 is 6.93. The number of aliphatic carboxylic acids is 1. The normalized spacial score (nSPS) is 12.3. The molecule has 0 saturated heterocycles. The van der Waals surface area contributed by atoms with E-state index < -0.39 is 12.1 Å².